The van der Waals surface area contributed by atoms with Crippen molar-refractivity contribution in [3.05, 3.63) is 47.8 Å². The highest BCUT2D eigenvalue weighted by molar-refractivity contribution is 5.72. The van der Waals surface area contributed by atoms with Crippen LogP contribution in [0.5, 0.6) is 0 Å². The van der Waals surface area contributed by atoms with Crippen LogP contribution in [0.1, 0.15) is 24.6 Å². The molecule has 0 saturated heterocycles. The molecule has 2 heteroatoms. The summed E-state index contributed by atoms with van der Waals surface area (Å²) < 4.78 is 7.70. The fourth-order valence-corrected chi connectivity index (χ4v) is 2.55. The number of ether oxygens (including phenoxy) is 1. The van der Waals surface area contributed by atoms with E-state index in [-0.39, 0.29) is 0 Å². The molecule has 0 aliphatic carbocycles. The molecule has 0 radical (unpaired) electrons. The third kappa shape index (κ3) is 1.79. The van der Waals surface area contributed by atoms with Crippen LogP contribution in [0.3, 0.4) is 0 Å². The highest BCUT2D eigenvalue weighted by Crippen LogP contribution is 2.28. The van der Waals surface area contributed by atoms with Gasteiger partial charge in [-0.25, -0.2) is 0 Å². The van der Waals surface area contributed by atoms with Crippen molar-refractivity contribution in [1.29, 1.82) is 0 Å². The van der Waals surface area contributed by atoms with Gasteiger partial charge < -0.3 is 9.14 Å². The van der Waals surface area contributed by atoms with Crippen molar-refractivity contribution in [1.82, 2.24) is 4.40 Å². The van der Waals surface area contributed by atoms with E-state index in [0.29, 0.717) is 0 Å². The van der Waals surface area contributed by atoms with E-state index in [1.54, 1.807) is 0 Å². The average Bonchev–Trinajstić information content (AvgIpc) is 2.78. The third-order valence-corrected chi connectivity index (χ3v) is 3.41. The largest absolute Gasteiger partial charge is 0.377 e. The first-order valence-corrected chi connectivity index (χ1v) is 6.26. The number of hydrogen-bond donors (Lipinski definition) is 0. The maximum absolute atomic E-state index is 5.40. The molecule has 0 N–H and O–H groups in total. The number of hydrogen-bond acceptors (Lipinski definition) is 1. The highest BCUT2D eigenvalue weighted by atomic mass is 16.5. The first-order chi connectivity index (χ1) is 8.40. The van der Waals surface area contributed by atoms with Crippen molar-refractivity contribution < 1.29 is 4.74 Å². The van der Waals surface area contributed by atoms with Crippen LogP contribution < -0.4 is 0 Å². The van der Waals surface area contributed by atoms with Crippen molar-refractivity contribution in [2.75, 3.05) is 13.2 Å². The summed E-state index contributed by atoms with van der Waals surface area (Å²) in [5, 5.41) is 0. The first-order valence-electron chi connectivity index (χ1n) is 6.26. The molecular formula is C15H17NO. The minimum Gasteiger partial charge on any atom is -0.377 e. The van der Waals surface area contributed by atoms with E-state index < -0.39 is 0 Å². The zero-order valence-corrected chi connectivity index (χ0v) is 10.1. The summed E-state index contributed by atoms with van der Waals surface area (Å²) >= 11 is 0. The quantitative estimate of drug-likeness (QED) is 0.767. The Balaban J connectivity index is 2.21. The van der Waals surface area contributed by atoms with Crippen LogP contribution in [0, 0.1) is 0 Å². The zero-order chi connectivity index (χ0) is 11.7. The van der Waals surface area contributed by atoms with Gasteiger partial charge in [-0.3, -0.25) is 0 Å². The van der Waals surface area contributed by atoms with Gasteiger partial charge in [-0.2, -0.15) is 0 Å². The van der Waals surface area contributed by atoms with Crippen molar-refractivity contribution >= 4 is 11.1 Å². The molecule has 2 aromatic heterocycles. The Labute approximate surface area is 102 Å². The molecule has 88 valence electrons. The Hall–Kier alpha value is -1.54. The molecule has 0 aromatic carbocycles. The summed E-state index contributed by atoms with van der Waals surface area (Å²) in [6.45, 7) is 3.81. The summed E-state index contributed by atoms with van der Waals surface area (Å²) in [7, 11) is 0. The lowest BCUT2D eigenvalue weighted by Crippen LogP contribution is -2.06. The molecule has 17 heavy (non-hydrogen) atoms. The molecule has 0 spiro atoms. The molecule has 0 fully saturated rings. The van der Waals surface area contributed by atoms with Gasteiger partial charge in [-0.1, -0.05) is 19.1 Å². The van der Waals surface area contributed by atoms with E-state index in [1.165, 1.54) is 22.3 Å². The molecule has 0 saturated carbocycles. The molecular weight excluding hydrogens is 210 g/mol. The Morgan fingerprint density at radius 2 is 2.29 bits per heavy atom. The Morgan fingerprint density at radius 3 is 3.06 bits per heavy atom. The van der Waals surface area contributed by atoms with Gasteiger partial charge in [0.05, 0.1) is 18.9 Å². The first kappa shape index (κ1) is 10.6. The van der Waals surface area contributed by atoms with Gasteiger partial charge in [-0.05, 0) is 42.2 Å². The average molecular weight is 227 g/mol. The van der Waals surface area contributed by atoms with E-state index in [2.05, 4.69) is 47.9 Å². The second-order valence-corrected chi connectivity index (χ2v) is 4.42. The molecule has 3 heterocycles. The van der Waals surface area contributed by atoms with E-state index >= 15 is 0 Å². The van der Waals surface area contributed by atoms with Gasteiger partial charge in [0.2, 0.25) is 0 Å². The van der Waals surface area contributed by atoms with E-state index in [9.17, 15) is 0 Å². The standard InChI is InChI=1S/C15H17NO/c1-2-12-11-14-5-3-4-8-16(14)15(12)13-6-9-17-10-7-13/h3-6,8,11H,2,7,9-10H2,1H3. The van der Waals surface area contributed by atoms with Crippen molar-refractivity contribution in [2.45, 2.75) is 19.8 Å². The van der Waals surface area contributed by atoms with Crippen LogP contribution in [-0.2, 0) is 11.2 Å². The van der Waals surface area contributed by atoms with Crippen LogP contribution in [0.4, 0.5) is 0 Å². The molecule has 2 aromatic rings. The lowest BCUT2D eigenvalue weighted by atomic mass is 10.0. The molecule has 1 aliphatic heterocycles. The zero-order valence-electron chi connectivity index (χ0n) is 10.1. The predicted molar refractivity (Wildman–Crippen MR) is 70.2 cm³/mol. The number of aryl methyl sites for hydroxylation is 1. The Bertz CT molecular complexity index is 565. The Morgan fingerprint density at radius 1 is 1.35 bits per heavy atom. The number of nitrogens with zero attached hydrogens (tertiary/aromatic N) is 1. The smallest absolute Gasteiger partial charge is 0.0654 e. The number of pyridine rings is 1. The van der Waals surface area contributed by atoms with Gasteiger partial charge in [0.1, 0.15) is 0 Å². The van der Waals surface area contributed by atoms with Crippen LogP contribution in [0.25, 0.3) is 11.1 Å². The molecule has 0 atom stereocenters. The summed E-state index contributed by atoms with van der Waals surface area (Å²) in [6.07, 6.45) is 6.47. The van der Waals surface area contributed by atoms with Crippen LogP contribution in [0.15, 0.2) is 36.5 Å². The molecule has 0 amide bonds. The SMILES string of the molecule is CCc1cc2ccccn2c1C1=CCOCC1. The number of aromatic nitrogens is 1. The summed E-state index contributed by atoms with van der Waals surface area (Å²) in [4.78, 5) is 0. The Kier molecular flexibility index (Phi) is 2.73. The second kappa shape index (κ2) is 4.38. The van der Waals surface area contributed by atoms with E-state index in [4.69, 9.17) is 4.74 Å². The molecule has 1 aliphatic rings. The molecule has 3 rings (SSSR count). The molecule has 0 bridgehead atoms. The number of rotatable bonds is 2. The van der Waals surface area contributed by atoms with Gasteiger partial charge >= 0.3 is 0 Å². The van der Waals surface area contributed by atoms with Crippen molar-refractivity contribution in [3.63, 3.8) is 0 Å². The molecule has 2 nitrogen and oxygen atoms in total. The summed E-state index contributed by atoms with van der Waals surface area (Å²) in [5.41, 5.74) is 5.53. The van der Waals surface area contributed by atoms with Gasteiger partial charge in [0.15, 0.2) is 0 Å². The van der Waals surface area contributed by atoms with Crippen molar-refractivity contribution in [3.8, 4) is 0 Å². The fraction of sp³-hybridized carbons (Fsp3) is 0.333. The summed E-state index contributed by atoms with van der Waals surface area (Å²) in [5.74, 6) is 0. The second-order valence-electron chi connectivity index (χ2n) is 4.42. The van der Waals surface area contributed by atoms with Gasteiger partial charge in [0.25, 0.3) is 0 Å². The lowest BCUT2D eigenvalue weighted by molar-refractivity contribution is 0.161. The van der Waals surface area contributed by atoms with Gasteiger partial charge in [-0.15, -0.1) is 0 Å². The highest BCUT2D eigenvalue weighted by Gasteiger charge is 2.14. The maximum atomic E-state index is 5.40. The van der Waals surface area contributed by atoms with Crippen molar-refractivity contribution in [2.24, 2.45) is 0 Å². The number of fused-ring (bicyclic) bond motifs is 1. The van der Waals surface area contributed by atoms with E-state index in [1.807, 2.05) is 0 Å². The normalized spacial score (nSPS) is 16.2. The molecule has 0 unspecified atom stereocenters. The topological polar surface area (TPSA) is 13.6 Å². The maximum Gasteiger partial charge on any atom is 0.0654 e. The lowest BCUT2D eigenvalue weighted by Gasteiger charge is -2.15. The monoisotopic (exact) mass is 227 g/mol. The van der Waals surface area contributed by atoms with E-state index in [0.717, 1.165) is 26.1 Å². The van der Waals surface area contributed by atoms with Crippen LogP contribution in [0.2, 0.25) is 0 Å². The predicted octanol–water partition coefficient (Wildman–Crippen LogP) is 3.31. The minimum absolute atomic E-state index is 0.749. The minimum atomic E-state index is 0.749. The van der Waals surface area contributed by atoms with Crippen LogP contribution >= 0.6 is 0 Å². The fourth-order valence-electron chi connectivity index (χ4n) is 2.55. The summed E-state index contributed by atoms with van der Waals surface area (Å²) in [6, 6.07) is 8.65. The third-order valence-electron chi connectivity index (χ3n) is 3.41. The van der Waals surface area contributed by atoms with Gasteiger partial charge in [0, 0.05) is 11.7 Å². The van der Waals surface area contributed by atoms with Crippen LogP contribution in [-0.4, -0.2) is 17.6 Å².